The first-order valence-electron chi connectivity index (χ1n) is 11.5. The number of hydrogen-bond donors (Lipinski definition) is 2. The second kappa shape index (κ2) is 10.5. The van der Waals surface area contributed by atoms with Crippen molar-refractivity contribution in [1.82, 2.24) is 14.7 Å². The van der Waals surface area contributed by atoms with Crippen LogP contribution in [0.4, 0.5) is 15.8 Å². The predicted octanol–water partition coefficient (Wildman–Crippen LogP) is 4.55. The lowest BCUT2D eigenvalue weighted by Crippen LogP contribution is -2.26. The quantitative estimate of drug-likeness (QED) is 0.375. The molecule has 3 N–H and O–H groups in total. The first kappa shape index (κ1) is 24.8. The fourth-order valence-electron chi connectivity index (χ4n) is 3.90. The number of nitrogens with two attached hydrogens (primary N) is 1. The summed E-state index contributed by atoms with van der Waals surface area (Å²) in [7, 11) is 4.04. The van der Waals surface area contributed by atoms with Crippen molar-refractivity contribution in [3.8, 4) is 11.3 Å². The molecule has 0 radical (unpaired) electrons. The van der Waals surface area contributed by atoms with Crippen LogP contribution in [0.25, 0.3) is 11.3 Å². The van der Waals surface area contributed by atoms with E-state index in [1.807, 2.05) is 33.2 Å². The minimum atomic E-state index is -0.474. The summed E-state index contributed by atoms with van der Waals surface area (Å²) >= 11 is 0. The normalized spacial score (nSPS) is 11.9. The minimum Gasteiger partial charge on any atom is -0.397 e. The number of nitrogens with one attached hydrogen (secondary N) is 1. The predicted molar refractivity (Wildman–Crippen MR) is 140 cm³/mol. The van der Waals surface area contributed by atoms with Crippen molar-refractivity contribution in [1.29, 1.82) is 0 Å². The molecule has 3 aromatic carbocycles. The Hall–Kier alpha value is -4.30. The van der Waals surface area contributed by atoms with Crippen LogP contribution in [0.5, 0.6) is 0 Å². The van der Waals surface area contributed by atoms with Gasteiger partial charge in [-0.25, -0.2) is 9.07 Å². The molecule has 0 saturated heterocycles. The summed E-state index contributed by atoms with van der Waals surface area (Å²) < 4.78 is 14.7. The monoisotopic (exact) mass is 485 g/mol. The number of anilines is 2. The van der Waals surface area contributed by atoms with Crippen LogP contribution in [0.3, 0.4) is 0 Å². The van der Waals surface area contributed by atoms with E-state index in [1.54, 1.807) is 30.3 Å². The number of aromatic nitrogens is 2. The summed E-state index contributed by atoms with van der Waals surface area (Å²) in [6.07, 6.45) is 0. The lowest BCUT2D eigenvalue weighted by Gasteiger charge is -2.16. The standard InChI is InChI=1S/C28H28FN5O2/c1-18(20-8-10-22(11-9-20)28(36)31-26-13-12-23(29)16-24(26)30)34-27(35)15-14-25(32-34)21-6-4-19(5-7-21)17-33(2)3/h4-16,18H,17,30H2,1-3H3,(H,31,36)/t18-/m0/s1. The van der Waals surface area contributed by atoms with Gasteiger partial charge in [0.25, 0.3) is 11.5 Å². The minimum absolute atomic E-state index is 0.145. The molecule has 4 rings (SSSR count). The van der Waals surface area contributed by atoms with Crippen molar-refractivity contribution in [2.75, 3.05) is 25.1 Å². The molecule has 7 nitrogen and oxygen atoms in total. The lowest BCUT2D eigenvalue weighted by atomic mass is 10.1. The van der Waals surface area contributed by atoms with Crippen LogP contribution in [0, 0.1) is 5.82 Å². The summed E-state index contributed by atoms with van der Waals surface area (Å²) in [6, 6.07) is 21.7. The molecule has 36 heavy (non-hydrogen) atoms. The highest BCUT2D eigenvalue weighted by Crippen LogP contribution is 2.22. The summed E-state index contributed by atoms with van der Waals surface area (Å²) in [5.74, 6) is -0.847. The molecule has 0 spiro atoms. The number of nitrogen functional groups attached to an aromatic ring is 1. The van der Waals surface area contributed by atoms with E-state index in [4.69, 9.17) is 5.73 Å². The van der Waals surface area contributed by atoms with Gasteiger partial charge in [-0.3, -0.25) is 9.59 Å². The van der Waals surface area contributed by atoms with Crippen LogP contribution in [-0.2, 0) is 6.54 Å². The van der Waals surface area contributed by atoms with Gasteiger partial charge in [-0.2, -0.15) is 5.10 Å². The van der Waals surface area contributed by atoms with E-state index in [0.29, 0.717) is 16.9 Å². The summed E-state index contributed by atoms with van der Waals surface area (Å²) in [5, 5.41) is 7.29. The van der Waals surface area contributed by atoms with Crippen molar-refractivity contribution in [3.05, 3.63) is 112 Å². The van der Waals surface area contributed by atoms with E-state index in [-0.39, 0.29) is 23.2 Å². The van der Waals surface area contributed by atoms with E-state index in [1.165, 1.54) is 28.4 Å². The van der Waals surface area contributed by atoms with Crippen molar-refractivity contribution < 1.29 is 9.18 Å². The fourth-order valence-corrected chi connectivity index (χ4v) is 3.90. The molecule has 0 bridgehead atoms. The third kappa shape index (κ3) is 5.67. The molecule has 0 aliphatic rings. The van der Waals surface area contributed by atoms with Crippen LogP contribution in [0.1, 0.15) is 34.5 Å². The fraction of sp³-hybridized carbons (Fsp3) is 0.179. The Kier molecular flexibility index (Phi) is 7.26. The van der Waals surface area contributed by atoms with Crippen molar-refractivity contribution in [2.24, 2.45) is 0 Å². The van der Waals surface area contributed by atoms with Crippen molar-refractivity contribution >= 4 is 17.3 Å². The number of halogens is 1. The number of benzene rings is 3. The van der Waals surface area contributed by atoms with E-state index >= 15 is 0 Å². The Bertz CT molecular complexity index is 1430. The first-order chi connectivity index (χ1) is 17.2. The molecule has 1 heterocycles. The molecule has 184 valence electrons. The van der Waals surface area contributed by atoms with E-state index in [0.717, 1.165) is 23.7 Å². The Morgan fingerprint density at radius 1 is 1.03 bits per heavy atom. The summed E-state index contributed by atoms with van der Waals surface area (Å²) in [4.78, 5) is 27.3. The maximum Gasteiger partial charge on any atom is 0.267 e. The highest BCUT2D eigenvalue weighted by molar-refractivity contribution is 6.05. The number of rotatable bonds is 7. The Morgan fingerprint density at radius 3 is 2.36 bits per heavy atom. The maximum atomic E-state index is 13.3. The van der Waals surface area contributed by atoms with Crippen LogP contribution < -0.4 is 16.6 Å². The van der Waals surface area contributed by atoms with E-state index < -0.39 is 5.82 Å². The van der Waals surface area contributed by atoms with Gasteiger partial charge in [0.1, 0.15) is 5.82 Å². The second-order valence-corrected chi connectivity index (χ2v) is 8.92. The van der Waals surface area contributed by atoms with E-state index in [9.17, 15) is 14.0 Å². The Labute approximate surface area is 209 Å². The van der Waals surface area contributed by atoms with Gasteiger partial charge in [0, 0.05) is 23.7 Å². The zero-order valence-corrected chi connectivity index (χ0v) is 20.4. The maximum absolute atomic E-state index is 13.3. The second-order valence-electron chi connectivity index (χ2n) is 8.92. The zero-order chi connectivity index (χ0) is 25.8. The molecule has 0 aliphatic carbocycles. The number of hydrogen-bond acceptors (Lipinski definition) is 5. The average Bonchev–Trinajstić information content (AvgIpc) is 2.86. The Balaban J connectivity index is 1.52. The van der Waals surface area contributed by atoms with Gasteiger partial charge in [-0.05, 0) is 68.5 Å². The number of nitrogens with zero attached hydrogens (tertiary/aromatic N) is 3. The smallest absolute Gasteiger partial charge is 0.267 e. The summed E-state index contributed by atoms with van der Waals surface area (Å²) in [5.41, 5.74) is 10.1. The lowest BCUT2D eigenvalue weighted by molar-refractivity contribution is 0.102. The third-order valence-electron chi connectivity index (χ3n) is 5.86. The van der Waals surface area contributed by atoms with Gasteiger partial charge in [0.2, 0.25) is 0 Å². The van der Waals surface area contributed by atoms with E-state index in [2.05, 4.69) is 27.4 Å². The van der Waals surface area contributed by atoms with Gasteiger partial charge >= 0.3 is 0 Å². The number of amides is 1. The molecule has 8 heteroatoms. The molecule has 1 atom stereocenters. The molecule has 0 saturated carbocycles. The largest absolute Gasteiger partial charge is 0.397 e. The zero-order valence-electron chi connectivity index (χ0n) is 20.4. The molecule has 0 aliphatic heterocycles. The molecule has 0 unspecified atom stereocenters. The van der Waals surface area contributed by atoms with Gasteiger partial charge in [-0.1, -0.05) is 36.4 Å². The van der Waals surface area contributed by atoms with Gasteiger partial charge in [0.15, 0.2) is 0 Å². The number of carbonyl (C=O) groups excluding carboxylic acids is 1. The van der Waals surface area contributed by atoms with Crippen LogP contribution in [0.2, 0.25) is 0 Å². The van der Waals surface area contributed by atoms with Crippen LogP contribution >= 0.6 is 0 Å². The molecule has 0 fully saturated rings. The molecule has 1 amide bonds. The van der Waals surface area contributed by atoms with Gasteiger partial charge in [0.05, 0.1) is 23.1 Å². The third-order valence-corrected chi connectivity index (χ3v) is 5.86. The average molecular weight is 486 g/mol. The molecule has 1 aromatic heterocycles. The highest BCUT2D eigenvalue weighted by atomic mass is 19.1. The first-order valence-corrected chi connectivity index (χ1v) is 11.5. The molecular formula is C28H28FN5O2. The Morgan fingerprint density at radius 2 is 1.72 bits per heavy atom. The summed E-state index contributed by atoms with van der Waals surface area (Å²) in [6.45, 7) is 2.72. The molecular weight excluding hydrogens is 457 g/mol. The molecule has 4 aromatic rings. The van der Waals surface area contributed by atoms with Gasteiger partial charge < -0.3 is 16.0 Å². The van der Waals surface area contributed by atoms with Crippen LogP contribution in [-0.4, -0.2) is 34.7 Å². The van der Waals surface area contributed by atoms with Crippen LogP contribution in [0.15, 0.2) is 83.7 Å². The SMILES string of the molecule is C[C@@H](c1ccc(C(=O)Nc2ccc(F)cc2N)cc1)n1nc(-c2ccc(CN(C)C)cc2)ccc1=O. The van der Waals surface area contributed by atoms with Crippen molar-refractivity contribution in [2.45, 2.75) is 19.5 Å². The van der Waals surface area contributed by atoms with Gasteiger partial charge in [-0.15, -0.1) is 0 Å². The topological polar surface area (TPSA) is 93.2 Å². The number of carbonyl (C=O) groups is 1. The highest BCUT2D eigenvalue weighted by Gasteiger charge is 2.14. The van der Waals surface area contributed by atoms with Crippen molar-refractivity contribution in [3.63, 3.8) is 0 Å².